The number of aliphatic carboxylic acids is 1. The van der Waals surface area contributed by atoms with Gasteiger partial charge in [-0.1, -0.05) is 0 Å². The van der Waals surface area contributed by atoms with Crippen LogP contribution in [0.4, 0.5) is 24.5 Å². The highest BCUT2D eigenvalue weighted by molar-refractivity contribution is 8.00. The van der Waals surface area contributed by atoms with Gasteiger partial charge >= 0.3 is 12.1 Å². The van der Waals surface area contributed by atoms with Crippen molar-refractivity contribution in [3.63, 3.8) is 0 Å². The molecule has 12 heteroatoms. The zero-order chi connectivity index (χ0) is 16.4. The number of carboxylic acid groups (broad SMARTS) is 1. The maximum atomic E-state index is 12.6. The van der Waals surface area contributed by atoms with Crippen LogP contribution in [0.5, 0.6) is 0 Å². The van der Waals surface area contributed by atoms with Crippen LogP contribution in [0.3, 0.4) is 0 Å². The molecule has 0 aliphatic carbocycles. The van der Waals surface area contributed by atoms with E-state index in [1.54, 1.807) is 0 Å². The number of nitrogens with one attached hydrogen (secondary N) is 2. The van der Waals surface area contributed by atoms with E-state index in [0.717, 1.165) is 0 Å². The number of benzene rings is 1. The third kappa shape index (κ3) is 4.53. The molecule has 8 nitrogen and oxygen atoms in total. The molecular weight excluding hydrogens is 321 g/mol. The second-order valence-electron chi connectivity index (χ2n) is 3.69. The van der Waals surface area contributed by atoms with E-state index in [1.807, 2.05) is 0 Å². The van der Waals surface area contributed by atoms with Gasteiger partial charge in [0.1, 0.15) is 4.90 Å². The Morgan fingerprint density at radius 2 is 1.62 bits per heavy atom. The molecule has 5 N–H and O–H groups in total. The van der Waals surface area contributed by atoms with Gasteiger partial charge in [0.05, 0.1) is 11.3 Å². The molecule has 1 rings (SSSR count). The molecule has 2 atom stereocenters. The number of thioether (sulfide) groups is 1. The number of carboxylic acids is 1. The fourth-order valence-electron chi connectivity index (χ4n) is 1.40. The molecule has 0 radical (unpaired) electrons. The molecular formula is C9H9F3N2O6S. The monoisotopic (exact) mass is 330 g/mol. The second-order valence-corrected chi connectivity index (χ2v) is 4.68. The van der Waals surface area contributed by atoms with Gasteiger partial charge in [-0.2, -0.15) is 23.6 Å². The van der Waals surface area contributed by atoms with Gasteiger partial charge < -0.3 is 15.5 Å². The van der Waals surface area contributed by atoms with Crippen LogP contribution in [-0.2, 0) is 11.0 Å². The summed E-state index contributed by atoms with van der Waals surface area (Å²) in [6, 6.07) is 0.553. The summed E-state index contributed by atoms with van der Waals surface area (Å²) in [4.78, 5) is 9.93. The lowest BCUT2D eigenvalue weighted by atomic mass is 10.1. The molecule has 118 valence electrons. The minimum Gasteiger partial charge on any atom is -0.595 e. The first kappa shape index (κ1) is 17.6. The van der Waals surface area contributed by atoms with E-state index in [4.69, 9.17) is 15.5 Å². The molecule has 0 amide bonds. The van der Waals surface area contributed by atoms with Gasteiger partial charge in [0.15, 0.2) is 11.4 Å². The predicted octanol–water partition coefficient (Wildman–Crippen LogP) is -0.311. The van der Waals surface area contributed by atoms with Crippen LogP contribution < -0.4 is 10.5 Å². The smallest absolute Gasteiger partial charge is 0.416 e. The van der Waals surface area contributed by atoms with Gasteiger partial charge in [0, 0.05) is 12.1 Å². The van der Waals surface area contributed by atoms with E-state index in [-0.39, 0.29) is 12.1 Å². The number of quaternary nitrogens is 2. The van der Waals surface area contributed by atoms with Crippen molar-refractivity contribution in [2.75, 3.05) is 5.75 Å². The highest BCUT2D eigenvalue weighted by atomic mass is 32.2. The molecule has 0 bridgehead atoms. The maximum Gasteiger partial charge on any atom is 0.416 e. The van der Waals surface area contributed by atoms with E-state index >= 15 is 0 Å². The highest BCUT2D eigenvalue weighted by Crippen LogP contribution is 2.38. The van der Waals surface area contributed by atoms with Gasteiger partial charge in [0.2, 0.25) is 0 Å². The molecule has 0 aromatic heterocycles. The lowest BCUT2D eigenvalue weighted by Crippen LogP contribution is -3.01. The first-order valence-corrected chi connectivity index (χ1v) is 6.09. The van der Waals surface area contributed by atoms with Crippen LogP contribution in [-0.4, -0.2) is 27.2 Å². The fourth-order valence-corrected chi connectivity index (χ4v) is 2.27. The van der Waals surface area contributed by atoms with Gasteiger partial charge in [0.25, 0.3) is 0 Å². The largest absolute Gasteiger partial charge is 0.595 e. The minimum atomic E-state index is -4.93. The lowest BCUT2D eigenvalue weighted by molar-refractivity contribution is -0.998. The Morgan fingerprint density at radius 3 is 1.90 bits per heavy atom. The Morgan fingerprint density at radius 1 is 1.19 bits per heavy atom. The summed E-state index contributed by atoms with van der Waals surface area (Å²) in [7, 11) is 0. The van der Waals surface area contributed by atoms with E-state index in [9.17, 15) is 28.4 Å². The zero-order valence-corrected chi connectivity index (χ0v) is 10.8. The van der Waals surface area contributed by atoms with Crippen molar-refractivity contribution in [2.24, 2.45) is 0 Å². The molecule has 0 spiro atoms. The zero-order valence-electron chi connectivity index (χ0n) is 9.97. The molecule has 0 aliphatic heterocycles. The number of rotatable bonds is 5. The van der Waals surface area contributed by atoms with Gasteiger partial charge in [-0.3, -0.25) is 4.79 Å². The van der Waals surface area contributed by atoms with Crippen LogP contribution in [0.2, 0.25) is 0 Å². The molecule has 1 aromatic rings. The lowest BCUT2D eigenvalue weighted by Gasteiger charge is -2.21. The average Bonchev–Trinajstić information content (AvgIpc) is 2.33. The van der Waals surface area contributed by atoms with Crippen molar-refractivity contribution in [1.29, 1.82) is 0 Å². The molecule has 0 aliphatic rings. The maximum absolute atomic E-state index is 12.6. The van der Waals surface area contributed by atoms with Crippen molar-refractivity contribution >= 4 is 29.1 Å². The average molecular weight is 330 g/mol. The molecule has 0 heterocycles. The minimum absolute atomic E-state index is 0.277. The third-order valence-electron chi connectivity index (χ3n) is 2.22. The quantitative estimate of drug-likeness (QED) is 0.369. The summed E-state index contributed by atoms with van der Waals surface area (Å²) in [6.45, 7) is 0. The Labute approximate surface area is 119 Å². The summed E-state index contributed by atoms with van der Waals surface area (Å²) in [6.07, 6.45) is -4.93. The predicted molar refractivity (Wildman–Crippen MR) is 61.4 cm³/mol. The van der Waals surface area contributed by atoms with Crippen LogP contribution in [0.1, 0.15) is 5.56 Å². The first-order valence-electron chi connectivity index (χ1n) is 5.10. The van der Waals surface area contributed by atoms with E-state index < -0.39 is 50.2 Å². The number of carbonyl (C=O) groups is 1. The number of hydrogen-bond acceptors (Lipinski definition) is 6. The van der Waals surface area contributed by atoms with Crippen molar-refractivity contribution < 1.29 is 43.9 Å². The molecule has 2 unspecified atom stereocenters. The molecule has 0 saturated heterocycles. The summed E-state index contributed by atoms with van der Waals surface area (Å²) in [5.74, 6) is -2.06. The summed E-state index contributed by atoms with van der Waals surface area (Å²) < 4.78 is 37.9. The SMILES string of the molecule is O=C(O)CSc1c([NH+]([O-])O)cc(C(F)(F)F)cc1[NH+]([O-])O. The topological polar surface area (TPSA) is 133 Å². The highest BCUT2D eigenvalue weighted by Gasteiger charge is 2.35. The van der Waals surface area contributed by atoms with Crippen molar-refractivity contribution in [2.45, 2.75) is 11.1 Å². The van der Waals surface area contributed by atoms with Gasteiger partial charge in [-0.25, -0.2) is 10.4 Å². The second kappa shape index (κ2) is 6.57. The molecule has 1 aromatic carbocycles. The van der Waals surface area contributed by atoms with Crippen LogP contribution in [0, 0.1) is 10.4 Å². The molecule has 0 fully saturated rings. The Kier molecular flexibility index (Phi) is 5.52. The summed E-state index contributed by atoms with van der Waals surface area (Å²) in [5, 5.41) is 44.8. The van der Waals surface area contributed by atoms with Crippen molar-refractivity contribution in [3.8, 4) is 0 Å². The number of alkyl halides is 3. The molecule has 21 heavy (non-hydrogen) atoms. The van der Waals surface area contributed by atoms with Gasteiger partial charge in [-0.15, -0.1) is 11.8 Å². The number of halogens is 3. The van der Waals surface area contributed by atoms with Crippen molar-refractivity contribution in [1.82, 2.24) is 0 Å². The van der Waals surface area contributed by atoms with Crippen LogP contribution in [0.15, 0.2) is 17.0 Å². The Hall–Kier alpha value is -1.41. The summed E-state index contributed by atoms with van der Waals surface area (Å²) >= 11 is 0.329. The Balaban J connectivity index is 3.47. The molecule has 0 saturated carbocycles. The van der Waals surface area contributed by atoms with E-state index in [0.29, 0.717) is 11.8 Å². The number of hydrogen-bond donors (Lipinski definition) is 5. The van der Waals surface area contributed by atoms with Crippen molar-refractivity contribution in [3.05, 3.63) is 28.1 Å². The van der Waals surface area contributed by atoms with Gasteiger partial charge in [-0.05, 0) is 0 Å². The van der Waals surface area contributed by atoms with E-state index in [2.05, 4.69) is 0 Å². The fraction of sp³-hybridized carbons (Fsp3) is 0.222. The standard InChI is InChI=1S/C9H9F3N2O6S/c10-9(11,12)4-1-5(13(17)18)8(21-3-7(15)16)6(2-4)14(19)20/h1-2,13-14,17,19H,3H2,(H,15,16). The third-order valence-corrected chi connectivity index (χ3v) is 3.34. The van der Waals surface area contributed by atoms with E-state index in [1.165, 1.54) is 0 Å². The first-order chi connectivity index (χ1) is 9.54. The Bertz CT molecular complexity index is 508. The normalized spacial score (nSPS) is 14.8. The van der Waals surface area contributed by atoms with Crippen LogP contribution in [0.25, 0.3) is 0 Å². The summed E-state index contributed by atoms with van der Waals surface area (Å²) in [5.41, 5.74) is -3.25. The van der Waals surface area contributed by atoms with Crippen LogP contribution >= 0.6 is 11.8 Å².